The van der Waals surface area contributed by atoms with Gasteiger partial charge in [-0.15, -0.1) is 0 Å². The van der Waals surface area contributed by atoms with E-state index in [1.807, 2.05) is 4.90 Å². The molecule has 1 aromatic rings. The van der Waals surface area contributed by atoms with E-state index in [4.69, 9.17) is 4.74 Å². The number of aromatic nitrogens is 2. The Morgan fingerprint density at radius 3 is 3.00 bits per heavy atom. The molecule has 0 saturated carbocycles. The van der Waals surface area contributed by atoms with Crippen molar-refractivity contribution in [3.05, 3.63) is 12.4 Å². The lowest BCUT2D eigenvalue weighted by Gasteiger charge is -2.26. The number of nitrogens with one attached hydrogen (secondary N) is 1. The Kier molecular flexibility index (Phi) is 4.33. The Morgan fingerprint density at radius 2 is 2.22 bits per heavy atom. The molecule has 6 nitrogen and oxygen atoms in total. The Hall–Kier alpha value is -1.85. The number of nitrogens with zero attached hydrogens (tertiary/aromatic N) is 3. The summed E-state index contributed by atoms with van der Waals surface area (Å²) in [6, 6.07) is 0. The molecule has 0 spiro atoms. The highest BCUT2D eigenvalue weighted by atomic mass is 16.5. The van der Waals surface area contributed by atoms with Gasteiger partial charge >= 0.3 is 0 Å². The van der Waals surface area contributed by atoms with Crippen molar-refractivity contribution in [1.82, 2.24) is 14.9 Å². The van der Waals surface area contributed by atoms with Crippen LogP contribution in [0.25, 0.3) is 0 Å². The van der Waals surface area contributed by atoms with Crippen molar-refractivity contribution in [2.75, 3.05) is 32.1 Å². The van der Waals surface area contributed by atoms with Crippen LogP contribution in [-0.4, -0.2) is 47.5 Å². The normalized spacial score (nSPS) is 15.6. The molecule has 0 unspecified atom stereocenters. The Bertz CT molecular complexity index is 411. The minimum absolute atomic E-state index is 0.245. The Morgan fingerprint density at radius 1 is 1.39 bits per heavy atom. The number of hydrogen-bond donors (Lipinski definition) is 1. The Balaban J connectivity index is 1.82. The predicted octanol–water partition coefficient (Wildman–Crippen LogP) is 0.910. The van der Waals surface area contributed by atoms with Gasteiger partial charge in [-0.05, 0) is 12.8 Å². The molecule has 0 atom stereocenters. The van der Waals surface area contributed by atoms with Gasteiger partial charge in [0.1, 0.15) is 0 Å². The number of methoxy groups -OCH3 is 1. The van der Waals surface area contributed by atoms with Gasteiger partial charge in [0.2, 0.25) is 5.91 Å². The van der Waals surface area contributed by atoms with Crippen molar-refractivity contribution >= 4 is 11.7 Å². The van der Waals surface area contributed by atoms with E-state index in [0.29, 0.717) is 31.2 Å². The van der Waals surface area contributed by atoms with Crippen molar-refractivity contribution in [1.29, 1.82) is 0 Å². The summed E-state index contributed by atoms with van der Waals surface area (Å²) in [4.78, 5) is 21.7. The maximum atomic E-state index is 11.6. The first-order valence-electron chi connectivity index (χ1n) is 6.18. The largest absolute Gasteiger partial charge is 0.478 e. The summed E-state index contributed by atoms with van der Waals surface area (Å²) >= 11 is 0. The van der Waals surface area contributed by atoms with Crippen LogP contribution in [0.4, 0.5) is 5.82 Å². The first-order valence-corrected chi connectivity index (χ1v) is 6.18. The number of rotatable bonds is 5. The summed E-state index contributed by atoms with van der Waals surface area (Å²) in [5, 5.41) is 3.14. The molecule has 0 bridgehead atoms. The van der Waals surface area contributed by atoms with Gasteiger partial charge in [0, 0.05) is 38.4 Å². The fraction of sp³-hybridized carbons (Fsp3) is 0.583. The molecule has 2 rings (SSSR count). The van der Waals surface area contributed by atoms with Crippen LogP contribution in [0.5, 0.6) is 5.88 Å². The summed E-state index contributed by atoms with van der Waals surface area (Å²) in [5.41, 5.74) is 0. The highest BCUT2D eigenvalue weighted by Crippen LogP contribution is 2.16. The van der Waals surface area contributed by atoms with E-state index < -0.39 is 0 Å². The molecule has 98 valence electrons. The van der Waals surface area contributed by atoms with Gasteiger partial charge in [-0.3, -0.25) is 4.79 Å². The van der Waals surface area contributed by atoms with Crippen LogP contribution in [0.2, 0.25) is 0 Å². The topological polar surface area (TPSA) is 67.4 Å². The molecule has 0 radical (unpaired) electrons. The molecule has 1 fully saturated rings. The molecular weight excluding hydrogens is 232 g/mol. The zero-order valence-electron chi connectivity index (χ0n) is 10.6. The quantitative estimate of drug-likeness (QED) is 0.841. The highest BCUT2D eigenvalue weighted by Gasteiger charge is 2.17. The smallest absolute Gasteiger partial charge is 0.257 e. The monoisotopic (exact) mass is 250 g/mol. The predicted molar refractivity (Wildman–Crippen MR) is 67.5 cm³/mol. The van der Waals surface area contributed by atoms with Crippen molar-refractivity contribution in [2.45, 2.75) is 19.3 Å². The van der Waals surface area contributed by atoms with E-state index in [1.165, 1.54) is 0 Å². The average Bonchev–Trinajstić information content (AvgIpc) is 2.41. The number of carbonyl (C=O) groups excluding carboxylic acids is 1. The summed E-state index contributed by atoms with van der Waals surface area (Å²) in [5.74, 6) is 1.33. The molecule has 2 heterocycles. The van der Waals surface area contributed by atoms with E-state index in [0.717, 1.165) is 19.4 Å². The minimum Gasteiger partial charge on any atom is -0.478 e. The third-order valence-electron chi connectivity index (χ3n) is 2.95. The lowest BCUT2D eigenvalue weighted by atomic mass is 10.1. The van der Waals surface area contributed by atoms with Crippen LogP contribution < -0.4 is 10.1 Å². The number of ether oxygens (including phenoxy) is 1. The molecule has 1 N–H and O–H groups in total. The summed E-state index contributed by atoms with van der Waals surface area (Å²) in [6.45, 7) is 2.21. The van der Waals surface area contributed by atoms with Gasteiger partial charge in [-0.1, -0.05) is 0 Å². The van der Waals surface area contributed by atoms with Crippen molar-refractivity contribution in [3.8, 4) is 5.88 Å². The molecule has 1 aromatic heterocycles. The van der Waals surface area contributed by atoms with E-state index in [-0.39, 0.29) is 5.91 Å². The van der Waals surface area contributed by atoms with Gasteiger partial charge < -0.3 is 15.0 Å². The second kappa shape index (κ2) is 6.18. The minimum atomic E-state index is 0.245. The number of piperidine rings is 1. The zero-order chi connectivity index (χ0) is 12.8. The second-order valence-electron chi connectivity index (χ2n) is 4.18. The first kappa shape index (κ1) is 12.6. The molecule has 18 heavy (non-hydrogen) atoms. The molecule has 1 aliphatic rings. The highest BCUT2D eigenvalue weighted by molar-refractivity contribution is 5.76. The molecule has 1 aliphatic heterocycles. The number of carbonyl (C=O) groups is 1. The molecule has 0 aromatic carbocycles. The zero-order valence-corrected chi connectivity index (χ0v) is 10.6. The van der Waals surface area contributed by atoms with Crippen LogP contribution >= 0.6 is 0 Å². The van der Waals surface area contributed by atoms with E-state index in [1.54, 1.807) is 19.5 Å². The number of anilines is 1. The van der Waals surface area contributed by atoms with E-state index in [9.17, 15) is 4.79 Å². The second-order valence-corrected chi connectivity index (χ2v) is 4.18. The maximum Gasteiger partial charge on any atom is 0.257 e. The van der Waals surface area contributed by atoms with Crippen LogP contribution in [0.15, 0.2) is 12.4 Å². The van der Waals surface area contributed by atoms with Crippen molar-refractivity contribution in [2.24, 2.45) is 0 Å². The van der Waals surface area contributed by atoms with E-state index >= 15 is 0 Å². The summed E-state index contributed by atoms with van der Waals surface area (Å²) in [6.07, 6.45) is 5.98. The van der Waals surface area contributed by atoms with Gasteiger partial charge in [-0.25, -0.2) is 9.97 Å². The SMILES string of the molecule is COc1nccnc1NCCN1CCCCC1=O. The van der Waals surface area contributed by atoms with Crippen molar-refractivity contribution < 1.29 is 9.53 Å². The van der Waals surface area contributed by atoms with Crippen molar-refractivity contribution in [3.63, 3.8) is 0 Å². The molecule has 1 saturated heterocycles. The molecule has 6 heteroatoms. The Labute approximate surface area is 106 Å². The number of likely N-dealkylation sites (tertiary alicyclic amines) is 1. The third kappa shape index (κ3) is 3.09. The van der Waals surface area contributed by atoms with Crippen LogP contribution in [-0.2, 0) is 4.79 Å². The van der Waals surface area contributed by atoms with Gasteiger partial charge in [-0.2, -0.15) is 0 Å². The molecule has 1 amide bonds. The number of hydrogen-bond acceptors (Lipinski definition) is 5. The lowest BCUT2D eigenvalue weighted by Crippen LogP contribution is -2.38. The summed E-state index contributed by atoms with van der Waals surface area (Å²) < 4.78 is 5.09. The summed E-state index contributed by atoms with van der Waals surface area (Å²) in [7, 11) is 1.56. The third-order valence-corrected chi connectivity index (χ3v) is 2.95. The van der Waals surface area contributed by atoms with Crippen LogP contribution in [0.3, 0.4) is 0 Å². The standard InChI is InChI=1S/C12H18N4O2/c1-18-12-11(13-5-6-15-12)14-7-9-16-8-3-2-4-10(16)17/h5-6H,2-4,7-9H2,1H3,(H,13,14). The molecule has 0 aliphatic carbocycles. The number of amides is 1. The average molecular weight is 250 g/mol. The fourth-order valence-electron chi connectivity index (χ4n) is 2.00. The lowest BCUT2D eigenvalue weighted by molar-refractivity contribution is -0.133. The first-order chi connectivity index (χ1) is 8.81. The van der Waals surface area contributed by atoms with Gasteiger partial charge in [0.25, 0.3) is 5.88 Å². The van der Waals surface area contributed by atoms with Crippen LogP contribution in [0, 0.1) is 0 Å². The fourth-order valence-corrected chi connectivity index (χ4v) is 2.00. The van der Waals surface area contributed by atoms with Crippen LogP contribution in [0.1, 0.15) is 19.3 Å². The van der Waals surface area contributed by atoms with Gasteiger partial charge in [0.15, 0.2) is 5.82 Å². The molecular formula is C12H18N4O2. The van der Waals surface area contributed by atoms with E-state index in [2.05, 4.69) is 15.3 Å². The maximum absolute atomic E-state index is 11.6. The van der Waals surface area contributed by atoms with Gasteiger partial charge in [0.05, 0.1) is 7.11 Å².